The number of hydrogen-bond donors (Lipinski definition) is 2. The number of aromatic amines is 1. The van der Waals surface area contributed by atoms with Crippen molar-refractivity contribution >= 4 is 23.4 Å². The third-order valence-corrected chi connectivity index (χ3v) is 5.98. The summed E-state index contributed by atoms with van der Waals surface area (Å²) in [6.45, 7) is 0.815. The molecule has 2 heterocycles. The Morgan fingerprint density at radius 3 is 2.74 bits per heavy atom. The van der Waals surface area contributed by atoms with Crippen LogP contribution in [0.2, 0.25) is 0 Å². The SMILES string of the molecule is O=C(Nc1cccc2c1OC(c1nn[nH]n1)CO2)c1ccc(OCCSc2ccccc2)cc1. The highest BCUT2D eigenvalue weighted by molar-refractivity contribution is 7.99. The molecular weight excluding hydrogens is 454 g/mol. The number of carbonyl (C=O) groups excluding carboxylic acids is 1. The summed E-state index contributed by atoms with van der Waals surface area (Å²) < 4.78 is 17.6. The lowest BCUT2D eigenvalue weighted by Gasteiger charge is -2.26. The summed E-state index contributed by atoms with van der Waals surface area (Å²) in [5.74, 6) is 2.61. The van der Waals surface area contributed by atoms with Crippen molar-refractivity contribution in [2.45, 2.75) is 11.0 Å². The van der Waals surface area contributed by atoms with E-state index >= 15 is 0 Å². The maximum absolute atomic E-state index is 12.8. The Balaban J connectivity index is 1.18. The lowest BCUT2D eigenvalue weighted by molar-refractivity contribution is 0.0856. The number of nitrogens with one attached hydrogen (secondary N) is 2. The highest BCUT2D eigenvalue weighted by Crippen LogP contribution is 2.41. The first-order valence-corrected chi connectivity index (χ1v) is 11.6. The Bertz CT molecular complexity index is 1240. The van der Waals surface area contributed by atoms with Crippen molar-refractivity contribution in [2.75, 3.05) is 24.3 Å². The molecule has 2 N–H and O–H groups in total. The Kier molecular flexibility index (Phi) is 6.57. The number of anilines is 1. The van der Waals surface area contributed by atoms with E-state index in [-0.39, 0.29) is 12.5 Å². The highest BCUT2D eigenvalue weighted by atomic mass is 32.2. The molecule has 0 spiro atoms. The van der Waals surface area contributed by atoms with Crippen LogP contribution in [0, 0.1) is 0 Å². The van der Waals surface area contributed by atoms with Crippen molar-refractivity contribution < 1.29 is 19.0 Å². The molecule has 0 fully saturated rings. The first-order chi connectivity index (χ1) is 16.8. The van der Waals surface area contributed by atoms with Crippen LogP contribution in [0.15, 0.2) is 77.7 Å². The molecule has 4 aromatic rings. The van der Waals surface area contributed by atoms with Gasteiger partial charge in [-0.3, -0.25) is 4.79 Å². The molecule has 0 saturated heterocycles. The van der Waals surface area contributed by atoms with Gasteiger partial charge in [-0.25, -0.2) is 0 Å². The molecule has 1 aromatic heterocycles. The van der Waals surface area contributed by atoms with Gasteiger partial charge in [0.1, 0.15) is 12.4 Å². The van der Waals surface area contributed by atoms with Gasteiger partial charge < -0.3 is 19.5 Å². The number of H-pyrrole nitrogens is 1. The third kappa shape index (κ3) is 5.12. The van der Waals surface area contributed by atoms with Crippen molar-refractivity contribution in [1.29, 1.82) is 0 Å². The Labute approximate surface area is 199 Å². The van der Waals surface area contributed by atoms with Crippen LogP contribution in [0.25, 0.3) is 0 Å². The standard InChI is InChI=1S/C24H21N5O4S/c30-24(16-9-11-17(12-10-16)31-13-14-34-18-5-2-1-3-6-18)25-19-7-4-8-20-22(19)33-21(15-32-20)23-26-28-29-27-23/h1-12,21H,13-15H2,(H,25,30)(H,26,27,28,29). The second-order valence-corrected chi connectivity index (χ2v) is 8.48. The first kappa shape index (κ1) is 21.8. The number of thioether (sulfide) groups is 1. The van der Waals surface area contributed by atoms with Gasteiger partial charge in [0.2, 0.25) is 5.82 Å². The predicted octanol–water partition coefficient (Wildman–Crippen LogP) is 4.14. The number of nitrogens with zero attached hydrogens (tertiary/aromatic N) is 3. The number of para-hydroxylation sites is 1. The first-order valence-electron chi connectivity index (χ1n) is 10.6. The Morgan fingerprint density at radius 2 is 1.94 bits per heavy atom. The van der Waals surface area contributed by atoms with E-state index < -0.39 is 6.10 Å². The number of rotatable bonds is 8. The Morgan fingerprint density at radius 1 is 1.09 bits per heavy atom. The monoisotopic (exact) mass is 475 g/mol. The number of amides is 1. The molecule has 5 rings (SSSR count). The summed E-state index contributed by atoms with van der Waals surface area (Å²) in [6, 6.07) is 22.5. The number of carbonyl (C=O) groups is 1. The van der Waals surface area contributed by atoms with Crippen LogP contribution in [0.3, 0.4) is 0 Å². The molecule has 1 atom stereocenters. The number of tetrazole rings is 1. The second-order valence-electron chi connectivity index (χ2n) is 7.31. The van der Waals surface area contributed by atoms with E-state index in [4.69, 9.17) is 14.2 Å². The largest absolute Gasteiger partial charge is 0.493 e. The lowest BCUT2D eigenvalue weighted by Crippen LogP contribution is -2.24. The van der Waals surface area contributed by atoms with Crippen LogP contribution in [0.5, 0.6) is 17.2 Å². The molecule has 1 aliphatic rings. The normalized spacial score (nSPS) is 14.4. The molecule has 1 unspecified atom stereocenters. The van der Waals surface area contributed by atoms with Crippen molar-refractivity contribution in [3.8, 4) is 17.2 Å². The van der Waals surface area contributed by atoms with Gasteiger partial charge in [-0.2, -0.15) is 5.21 Å². The van der Waals surface area contributed by atoms with Gasteiger partial charge in [0.15, 0.2) is 17.6 Å². The molecule has 9 nitrogen and oxygen atoms in total. The van der Waals surface area contributed by atoms with Gasteiger partial charge in [-0.15, -0.1) is 22.0 Å². The summed E-state index contributed by atoms with van der Waals surface area (Å²) in [4.78, 5) is 14.1. The number of fused-ring (bicyclic) bond motifs is 1. The fourth-order valence-corrected chi connectivity index (χ4v) is 4.11. The molecule has 0 saturated carbocycles. The number of hydrogen-bond acceptors (Lipinski definition) is 8. The van der Waals surface area contributed by atoms with Crippen molar-refractivity contribution in [1.82, 2.24) is 20.6 Å². The zero-order chi connectivity index (χ0) is 23.2. The fourth-order valence-electron chi connectivity index (χ4n) is 3.36. The number of benzene rings is 3. The average Bonchev–Trinajstić information content (AvgIpc) is 3.43. The fraction of sp³-hybridized carbons (Fsp3) is 0.167. The minimum atomic E-state index is -0.527. The summed E-state index contributed by atoms with van der Waals surface area (Å²) in [5, 5.41) is 16.7. The number of aromatic nitrogens is 4. The lowest BCUT2D eigenvalue weighted by atomic mass is 10.2. The van der Waals surface area contributed by atoms with E-state index in [1.807, 2.05) is 18.2 Å². The smallest absolute Gasteiger partial charge is 0.255 e. The van der Waals surface area contributed by atoms with Crippen molar-refractivity contribution in [3.63, 3.8) is 0 Å². The van der Waals surface area contributed by atoms with Gasteiger partial charge >= 0.3 is 0 Å². The highest BCUT2D eigenvalue weighted by Gasteiger charge is 2.28. The van der Waals surface area contributed by atoms with E-state index in [0.717, 1.165) is 5.75 Å². The minimum Gasteiger partial charge on any atom is -0.493 e. The molecule has 0 radical (unpaired) electrons. The molecule has 1 amide bonds. The molecule has 0 bridgehead atoms. The Hall–Kier alpha value is -4.05. The second kappa shape index (κ2) is 10.3. The van der Waals surface area contributed by atoms with Gasteiger partial charge in [0.25, 0.3) is 5.91 Å². The maximum Gasteiger partial charge on any atom is 0.255 e. The van der Waals surface area contributed by atoms with E-state index in [0.29, 0.717) is 40.9 Å². The maximum atomic E-state index is 12.8. The van der Waals surface area contributed by atoms with Crippen LogP contribution in [-0.4, -0.2) is 45.5 Å². The van der Waals surface area contributed by atoms with Crippen LogP contribution >= 0.6 is 11.8 Å². The number of ether oxygens (including phenoxy) is 3. The average molecular weight is 476 g/mol. The predicted molar refractivity (Wildman–Crippen MR) is 127 cm³/mol. The van der Waals surface area contributed by atoms with E-state index in [1.165, 1.54) is 4.90 Å². The molecular formula is C24H21N5O4S. The molecule has 1 aliphatic heterocycles. The molecule has 10 heteroatoms. The molecule has 172 valence electrons. The van der Waals surface area contributed by atoms with Crippen molar-refractivity contribution in [2.24, 2.45) is 0 Å². The topological polar surface area (TPSA) is 111 Å². The van der Waals surface area contributed by atoms with E-state index in [1.54, 1.807) is 54.2 Å². The summed E-state index contributed by atoms with van der Waals surface area (Å²) in [5.41, 5.74) is 0.990. The van der Waals surface area contributed by atoms with E-state index in [9.17, 15) is 4.79 Å². The third-order valence-electron chi connectivity index (χ3n) is 5.01. The minimum absolute atomic E-state index is 0.245. The van der Waals surface area contributed by atoms with Gasteiger partial charge in [0.05, 0.1) is 12.3 Å². The van der Waals surface area contributed by atoms with Crippen LogP contribution in [0.1, 0.15) is 22.3 Å². The van der Waals surface area contributed by atoms with Gasteiger partial charge in [-0.05, 0) is 48.5 Å². The molecule has 34 heavy (non-hydrogen) atoms. The van der Waals surface area contributed by atoms with E-state index in [2.05, 4.69) is 38.1 Å². The zero-order valence-corrected chi connectivity index (χ0v) is 18.8. The quantitative estimate of drug-likeness (QED) is 0.289. The summed E-state index contributed by atoms with van der Waals surface area (Å²) >= 11 is 1.74. The summed E-state index contributed by atoms with van der Waals surface area (Å²) in [6.07, 6.45) is -0.527. The van der Waals surface area contributed by atoms with Gasteiger partial charge in [0, 0.05) is 16.2 Å². The van der Waals surface area contributed by atoms with Gasteiger partial charge in [-0.1, -0.05) is 29.5 Å². The van der Waals surface area contributed by atoms with Crippen LogP contribution < -0.4 is 19.5 Å². The molecule has 0 aliphatic carbocycles. The van der Waals surface area contributed by atoms with Crippen LogP contribution in [0.4, 0.5) is 5.69 Å². The molecule has 3 aromatic carbocycles. The van der Waals surface area contributed by atoms with Crippen LogP contribution in [-0.2, 0) is 0 Å². The van der Waals surface area contributed by atoms with Crippen molar-refractivity contribution in [3.05, 3.63) is 84.2 Å². The summed E-state index contributed by atoms with van der Waals surface area (Å²) in [7, 11) is 0. The zero-order valence-electron chi connectivity index (χ0n) is 18.0.